The number of halogens is 1. The molecule has 0 radical (unpaired) electrons. The second-order valence-electron chi connectivity index (χ2n) is 7.58. The number of aromatic nitrogens is 2. The van der Waals surface area contributed by atoms with Crippen LogP contribution >= 0.6 is 22.6 Å². The average Bonchev–Trinajstić information content (AvgIpc) is 2.75. The lowest BCUT2D eigenvalue weighted by atomic mass is 9.99. The lowest BCUT2D eigenvalue weighted by Gasteiger charge is -2.30. The third kappa shape index (κ3) is 4.92. The van der Waals surface area contributed by atoms with Crippen molar-refractivity contribution < 1.29 is 8.42 Å². The molecule has 0 bridgehead atoms. The third-order valence-corrected chi connectivity index (χ3v) is 7.43. The van der Waals surface area contributed by atoms with E-state index >= 15 is 0 Å². The van der Waals surface area contributed by atoms with Crippen LogP contribution in [0, 0.1) is 9.49 Å². The van der Waals surface area contributed by atoms with Crippen molar-refractivity contribution in [3.8, 4) is 11.3 Å². The molecule has 1 aromatic heterocycles. The summed E-state index contributed by atoms with van der Waals surface area (Å²) in [5, 5.41) is 8.77. The molecule has 0 atom stereocenters. The van der Waals surface area contributed by atoms with Gasteiger partial charge >= 0.3 is 0 Å². The van der Waals surface area contributed by atoms with E-state index in [1.807, 2.05) is 24.3 Å². The van der Waals surface area contributed by atoms with Crippen LogP contribution in [0.1, 0.15) is 19.8 Å². The Kier molecular flexibility index (Phi) is 6.24. The van der Waals surface area contributed by atoms with Gasteiger partial charge in [-0.15, -0.1) is 10.2 Å². The minimum atomic E-state index is -3.62. The lowest BCUT2D eigenvalue weighted by molar-refractivity contribution is 0.436. The van der Waals surface area contributed by atoms with Crippen LogP contribution in [0.15, 0.2) is 65.6 Å². The Bertz CT molecular complexity index is 1090. The molecule has 4 rings (SSSR count). The van der Waals surface area contributed by atoms with E-state index in [9.17, 15) is 8.42 Å². The molecule has 2 heterocycles. The molecule has 1 N–H and O–H groups in total. The number of anilines is 2. The van der Waals surface area contributed by atoms with Crippen molar-refractivity contribution in [3.05, 3.63) is 64.2 Å². The van der Waals surface area contributed by atoms with E-state index in [-0.39, 0.29) is 4.90 Å². The number of sulfonamides is 1. The van der Waals surface area contributed by atoms with Crippen LogP contribution in [0.5, 0.6) is 0 Å². The van der Waals surface area contributed by atoms with Gasteiger partial charge in [0.05, 0.1) is 10.6 Å². The Morgan fingerprint density at radius 2 is 1.60 bits per heavy atom. The van der Waals surface area contributed by atoms with Gasteiger partial charge < -0.3 is 4.90 Å². The molecule has 8 heteroatoms. The van der Waals surface area contributed by atoms with Crippen LogP contribution in [0.3, 0.4) is 0 Å². The summed E-state index contributed by atoms with van der Waals surface area (Å²) in [4.78, 5) is 2.51. The molecule has 2 aromatic carbocycles. The molecular weight excluding hydrogens is 511 g/mol. The smallest absolute Gasteiger partial charge is 0.261 e. The summed E-state index contributed by atoms with van der Waals surface area (Å²) in [6.45, 7) is 4.32. The zero-order valence-corrected chi connectivity index (χ0v) is 19.6. The number of hydrogen-bond donors (Lipinski definition) is 1. The van der Waals surface area contributed by atoms with Gasteiger partial charge in [0.15, 0.2) is 5.82 Å². The van der Waals surface area contributed by atoms with Crippen LogP contribution in [-0.2, 0) is 10.0 Å². The molecule has 0 unspecified atom stereocenters. The fourth-order valence-corrected chi connectivity index (χ4v) is 4.84. The summed E-state index contributed by atoms with van der Waals surface area (Å²) in [6, 6.07) is 17.9. The van der Waals surface area contributed by atoms with Crippen molar-refractivity contribution in [1.29, 1.82) is 0 Å². The van der Waals surface area contributed by atoms with Crippen molar-refractivity contribution >= 4 is 44.1 Å². The SMILES string of the molecule is CC1CCN(c2ccc(-c3ccc(NS(=O)(=O)c4ccc(I)cc4)cc3)nn2)CC1. The van der Waals surface area contributed by atoms with Gasteiger partial charge in [-0.3, -0.25) is 4.72 Å². The van der Waals surface area contributed by atoms with Gasteiger partial charge in [0, 0.05) is 27.9 Å². The molecule has 0 saturated carbocycles. The van der Waals surface area contributed by atoms with E-state index < -0.39 is 10.0 Å². The van der Waals surface area contributed by atoms with E-state index in [0.717, 1.165) is 39.7 Å². The van der Waals surface area contributed by atoms with E-state index in [0.29, 0.717) is 5.69 Å². The van der Waals surface area contributed by atoms with Crippen molar-refractivity contribution in [1.82, 2.24) is 10.2 Å². The highest BCUT2D eigenvalue weighted by Gasteiger charge is 2.17. The van der Waals surface area contributed by atoms with Gasteiger partial charge in [-0.25, -0.2) is 8.42 Å². The molecule has 0 aliphatic carbocycles. The average molecular weight is 534 g/mol. The standard InChI is InChI=1S/C22H23IN4O2S/c1-16-12-14-27(15-13-16)22-11-10-21(24-25-22)17-2-6-19(7-3-17)26-30(28,29)20-8-4-18(23)5-9-20/h2-11,16,26H,12-15H2,1H3. The van der Waals surface area contributed by atoms with Gasteiger partial charge in [-0.1, -0.05) is 19.1 Å². The predicted molar refractivity (Wildman–Crippen MR) is 128 cm³/mol. The minimum Gasteiger partial charge on any atom is -0.355 e. The minimum absolute atomic E-state index is 0.237. The molecular formula is C22H23IN4O2S. The number of benzene rings is 2. The fraction of sp³-hybridized carbons (Fsp3) is 0.273. The first-order chi connectivity index (χ1) is 14.4. The molecule has 1 aliphatic heterocycles. The molecule has 1 saturated heterocycles. The summed E-state index contributed by atoms with van der Waals surface area (Å²) < 4.78 is 28.7. The highest BCUT2D eigenvalue weighted by Crippen LogP contribution is 2.24. The molecule has 6 nitrogen and oxygen atoms in total. The van der Waals surface area contributed by atoms with Crippen LogP contribution in [0.4, 0.5) is 11.5 Å². The van der Waals surface area contributed by atoms with Crippen molar-refractivity contribution in [3.63, 3.8) is 0 Å². The zero-order chi connectivity index (χ0) is 21.1. The summed E-state index contributed by atoms with van der Waals surface area (Å²) in [7, 11) is -3.62. The van der Waals surface area contributed by atoms with Crippen LogP contribution in [0.2, 0.25) is 0 Å². The van der Waals surface area contributed by atoms with Crippen LogP contribution in [0.25, 0.3) is 11.3 Å². The van der Waals surface area contributed by atoms with Crippen molar-refractivity contribution in [2.24, 2.45) is 5.92 Å². The molecule has 1 aliphatic rings. The topological polar surface area (TPSA) is 75.2 Å². The second kappa shape index (κ2) is 8.89. The monoisotopic (exact) mass is 534 g/mol. The summed E-state index contributed by atoms with van der Waals surface area (Å²) in [5.74, 6) is 1.68. The zero-order valence-electron chi connectivity index (χ0n) is 16.6. The number of hydrogen-bond acceptors (Lipinski definition) is 5. The first kappa shape index (κ1) is 21.0. The van der Waals surface area contributed by atoms with Gasteiger partial charge in [0.25, 0.3) is 10.0 Å². The molecule has 0 spiro atoms. The highest BCUT2D eigenvalue weighted by atomic mass is 127. The highest BCUT2D eigenvalue weighted by molar-refractivity contribution is 14.1. The van der Waals surface area contributed by atoms with Gasteiger partial charge in [0.1, 0.15) is 0 Å². The Hall–Kier alpha value is -2.20. The molecule has 3 aromatic rings. The Morgan fingerprint density at radius 1 is 0.933 bits per heavy atom. The van der Waals surface area contributed by atoms with E-state index in [4.69, 9.17) is 0 Å². The number of nitrogens with zero attached hydrogens (tertiary/aromatic N) is 3. The number of rotatable bonds is 5. The van der Waals surface area contributed by atoms with E-state index in [1.165, 1.54) is 12.8 Å². The van der Waals surface area contributed by atoms with Gasteiger partial charge in [0.2, 0.25) is 0 Å². The third-order valence-electron chi connectivity index (χ3n) is 5.31. The Morgan fingerprint density at radius 3 is 2.20 bits per heavy atom. The van der Waals surface area contributed by atoms with Crippen molar-refractivity contribution in [2.75, 3.05) is 22.7 Å². The lowest BCUT2D eigenvalue weighted by Crippen LogP contribution is -2.33. The van der Waals surface area contributed by atoms with Crippen LogP contribution in [-0.4, -0.2) is 31.7 Å². The number of piperidine rings is 1. The summed E-state index contributed by atoms with van der Waals surface area (Å²) in [6.07, 6.45) is 2.37. The van der Waals surface area contributed by atoms with Crippen LogP contribution < -0.4 is 9.62 Å². The largest absolute Gasteiger partial charge is 0.355 e. The number of nitrogens with one attached hydrogen (secondary N) is 1. The van der Waals surface area contributed by atoms with Crippen molar-refractivity contribution in [2.45, 2.75) is 24.7 Å². The quantitative estimate of drug-likeness (QED) is 0.477. The Labute approximate surface area is 190 Å². The second-order valence-corrected chi connectivity index (χ2v) is 10.5. The molecule has 0 amide bonds. The predicted octanol–water partition coefficient (Wildman–Crippen LogP) is 4.79. The summed E-state index contributed by atoms with van der Waals surface area (Å²) in [5.41, 5.74) is 2.15. The Balaban J connectivity index is 1.45. The van der Waals surface area contributed by atoms with E-state index in [1.54, 1.807) is 36.4 Å². The van der Waals surface area contributed by atoms with Gasteiger partial charge in [-0.05, 0) is 89.9 Å². The maximum atomic E-state index is 12.5. The molecule has 1 fully saturated rings. The van der Waals surface area contributed by atoms with E-state index in [2.05, 4.69) is 49.3 Å². The molecule has 30 heavy (non-hydrogen) atoms. The first-order valence-electron chi connectivity index (χ1n) is 9.88. The maximum absolute atomic E-state index is 12.5. The maximum Gasteiger partial charge on any atom is 0.261 e. The fourth-order valence-electron chi connectivity index (χ4n) is 3.42. The normalized spacial score (nSPS) is 15.2. The summed E-state index contributed by atoms with van der Waals surface area (Å²) >= 11 is 2.14. The first-order valence-corrected chi connectivity index (χ1v) is 12.4. The van der Waals surface area contributed by atoms with Gasteiger partial charge in [-0.2, -0.15) is 0 Å². The molecule has 156 valence electrons.